The van der Waals surface area contributed by atoms with Crippen molar-refractivity contribution in [2.24, 2.45) is 0 Å². The number of carboxylic acid groups (broad SMARTS) is 2. The number of carboxylic acids is 2. The van der Waals surface area contributed by atoms with Crippen LogP contribution < -0.4 is 10.5 Å². The van der Waals surface area contributed by atoms with E-state index in [0.29, 0.717) is 23.3 Å². The Balaban J connectivity index is 0.000000301. The fraction of sp³-hybridized carbons (Fsp3) is 0.321. The van der Waals surface area contributed by atoms with Gasteiger partial charge >= 0.3 is 24.3 Å². The molecule has 0 radical (unpaired) electrons. The van der Waals surface area contributed by atoms with Crippen LogP contribution in [0.1, 0.15) is 31.7 Å². The van der Waals surface area contributed by atoms with Crippen molar-refractivity contribution in [3.05, 3.63) is 42.3 Å². The third-order valence-electron chi connectivity index (χ3n) is 6.94. The molecule has 47 heavy (non-hydrogen) atoms. The van der Waals surface area contributed by atoms with Gasteiger partial charge in [0.1, 0.15) is 5.76 Å². The number of nitrogen functional groups attached to an aromatic ring is 1. The molecule has 5 heterocycles. The topological polar surface area (TPSA) is 187 Å². The summed E-state index contributed by atoms with van der Waals surface area (Å²) in [5, 5.41) is 32.6. The van der Waals surface area contributed by atoms with Crippen molar-refractivity contribution in [3.63, 3.8) is 0 Å². The quantitative estimate of drug-likeness (QED) is 0.155. The van der Waals surface area contributed by atoms with Crippen LogP contribution in [-0.4, -0.2) is 72.6 Å². The number of ether oxygens (including phenoxy) is 1. The van der Waals surface area contributed by atoms with Crippen molar-refractivity contribution in [2.75, 3.05) is 12.8 Å². The molecule has 5 N–H and O–H groups in total. The number of aromatic nitrogens is 4. The highest BCUT2D eigenvalue weighted by Crippen LogP contribution is 2.41. The monoisotopic (exact) mass is 689 g/mol. The van der Waals surface area contributed by atoms with Crippen molar-refractivity contribution in [1.29, 1.82) is 0 Å². The number of halogens is 6. The lowest BCUT2D eigenvalue weighted by atomic mass is 9.93. The highest BCUT2D eigenvalue weighted by Gasteiger charge is 2.39. The van der Waals surface area contributed by atoms with Crippen LogP contribution in [0.15, 0.2) is 46.7 Å². The number of aliphatic carboxylic acids is 2. The Hall–Kier alpha value is -4.91. The number of rotatable bonds is 4. The standard InChI is InChI=1S/C24H23N5O3S.2C2HF3O2/c1-31-22-7-16-19(12-33-21(16)10-26-22)20-6-17-18(9-27-24(25)23(17)32-20)13-8-28-29(11-13)14-2-4-15(30)5-3-14;2*3-2(4,5)1(6)7/h6-12,14-15,30H,2-5H2,1H3,(H2,25,27);2*(H,6,7)/t14-,15-;;. The van der Waals surface area contributed by atoms with E-state index in [-0.39, 0.29) is 6.10 Å². The van der Waals surface area contributed by atoms with Crippen LogP contribution >= 0.6 is 11.3 Å². The van der Waals surface area contributed by atoms with Gasteiger partial charge in [0.2, 0.25) is 5.88 Å². The average molecular weight is 690 g/mol. The van der Waals surface area contributed by atoms with E-state index in [4.69, 9.17) is 34.7 Å². The second-order valence-corrected chi connectivity index (χ2v) is 11.0. The molecule has 5 aromatic heterocycles. The molecule has 252 valence electrons. The maximum atomic E-state index is 10.6. The summed E-state index contributed by atoms with van der Waals surface area (Å²) in [5.74, 6) is -3.88. The van der Waals surface area contributed by atoms with E-state index in [1.54, 1.807) is 24.6 Å². The molecule has 0 atom stereocenters. The maximum absolute atomic E-state index is 10.6. The summed E-state index contributed by atoms with van der Waals surface area (Å²) in [5.41, 5.74) is 9.61. The van der Waals surface area contributed by atoms with Gasteiger partial charge in [-0.1, -0.05) is 0 Å². The first-order valence-electron chi connectivity index (χ1n) is 13.4. The minimum atomic E-state index is -5.08. The van der Waals surface area contributed by atoms with Crippen LogP contribution in [0.3, 0.4) is 0 Å². The fourth-order valence-electron chi connectivity index (χ4n) is 4.62. The van der Waals surface area contributed by atoms with E-state index in [9.17, 15) is 31.4 Å². The Bertz CT molecular complexity index is 1850. The minimum absolute atomic E-state index is 0.189. The van der Waals surface area contributed by atoms with Gasteiger partial charge in [-0.2, -0.15) is 31.4 Å². The van der Waals surface area contributed by atoms with Crippen LogP contribution in [0, 0.1) is 0 Å². The van der Waals surface area contributed by atoms with Gasteiger partial charge in [-0.3, -0.25) is 4.68 Å². The molecule has 0 spiro atoms. The zero-order valence-corrected chi connectivity index (χ0v) is 24.9. The molecule has 6 rings (SSSR count). The number of alkyl halides is 6. The summed E-state index contributed by atoms with van der Waals surface area (Å²) in [6, 6.07) is 4.24. The number of fused-ring (bicyclic) bond motifs is 2. The summed E-state index contributed by atoms with van der Waals surface area (Å²) in [6.07, 6.45) is 0.631. The number of methoxy groups -OCH3 is 1. The van der Waals surface area contributed by atoms with Crippen LogP contribution in [0.4, 0.5) is 32.2 Å². The SMILES string of the molecule is COc1cc2c(-c3cc4c(-c5cnn([C@H]6CC[C@H](O)CC6)c5)cnc(N)c4o3)csc2cn1.O=C(O)C(F)(F)F.O=C(O)C(F)(F)F. The number of anilines is 1. The van der Waals surface area contributed by atoms with Gasteiger partial charge in [0.25, 0.3) is 0 Å². The van der Waals surface area contributed by atoms with Crippen LogP contribution in [-0.2, 0) is 9.59 Å². The van der Waals surface area contributed by atoms with Gasteiger partial charge in [0, 0.05) is 57.5 Å². The van der Waals surface area contributed by atoms with Gasteiger partial charge in [-0.25, -0.2) is 19.6 Å². The van der Waals surface area contributed by atoms with Gasteiger partial charge in [-0.05, 0) is 31.7 Å². The number of thiophene rings is 1. The molecule has 0 aromatic carbocycles. The van der Waals surface area contributed by atoms with E-state index in [1.165, 1.54) is 0 Å². The summed E-state index contributed by atoms with van der Waals surface area (Å²) < 4.78 is 78.1. The summed E-state index contributed by atoms with van der Waals surface area (Å²) in [6.45, 7) is 0. The van der Waals surface area contributed by atoms with Crippen molar-refractivity contribution >= 4 is 50.1 Å². The zero-order valence-electron chi connectivity index (χ0n) is 24.0. The molecule has 0 saturated heterocycles. The van der Waals surface area contributed by atoms with Gasteiger partial charge in [0.15, 0.2) is 11.4 Å². The molecular weight excluding hydrogens is 664 g/mol. The average Bonchev–Trinajstić information content (AvgIpc) is 3.76. The normalized spacial score (nSPS) is 16.6. The number of aliphatic hydroxyl groups is 1. The molecule has 1 aliphatic carbocycles. The molecule has 1 saturated carbocycles. The van der Waals surface area contributed by atoms with Crippen molar-refractivity contribution in [2.45, 2.75) is 50.2 Å². The highest BCUT2D eigenvalue weighted by molar-refractivity contribution is 7.17. The van der Waals surface area contributed by atoms with E-state index < -0.39 is 24.3 Å². The number of nitrogens with zero attached hydrogens (tertiary/aromatic N) is 4. The lowest BCUT2D eigenvalue weighted by Gasteiger charge is -2.25. The maximum Gasteiger partial charge on any atom is 0.490 e. The smallest absolute Gasteiger partial charge is 0.481 e. The lowest BCUT2D eigenvalue weighted by Crippen LogP contribution is -2.21. The molecule has 19 heteroatoms. The third-order valence-corrected chi connectivity index (χ3v) is 7.87. The molecule has 0 bridgehead atoms. The Morgan fingerprint density at radius 1 is 0.957 bits per heavy atom. The second kappa shape index (κ2) is 13.8. The van der Waals surface area contributed by atoms with Crippen molar-refractivity contribution in [1.82, 2.24) is 19.7 Å². The fourth-order valence-corrected chi connectivity index (χ4v) is 5.52. The molecule has 5 aromatic rings. The first-order chi connectivity index (χ1) is 22.0. The summed E-state index contributed by atoms with van der Waals surface area (Å²) >= 11 is 1.61. The van der Waals surface area contributed by atoms with E-state index >= 15 is 0 Å². The van der Waals surface area contributed by atoms with Gasteiger partial charge in [0.05, 0.1) is 30.2 Å². The number of hydrogen-bond acceptors (Lipinski definition) is 10. The number of furan rings is 1. The van der Waals surface area contributed by atoms with Gasteiger partial charge < -0.3 is 30.2 Å². The summed E-state index contributed by atoms with van der Waals surface area (Å²) in [4.78, 5) is 26.5. The van der Waals surface area contributed by atoms with Crippen LogP contribution in [0.2, 0.25) is 0 Å². The third kappa shape index (κ3) is 8.28. The van der Waals surface area contributed by atoms with Gasteiger partial charge in [-0.15, -0.1) is 11.3 Å². The predicted octanol–water partition coefficient (Wildman–Crippen LogP) is 6.30. The molecule has 0 unspecified atom stereocenters. The van der Waals surface area contributed by atoms with Crippen molar-refractivity contribution in [3.8, 4) is 28.3 Å². The number of nitrogens with two attached hydrogens (primary N) is 1. The molecular formula is C28H25F6N5O7S. The Morgan fingerprint density at radius 2 is 1.57 bits per heavy atom. The number of pyridine rings is 2. The van der Waals surface area contributed by atoms with E-state index in [2.05, 4.69) is 26.6 Å². The molecule has 12 nitrogen and oxygen atoms in total. The van der Waals surface area contributed by atoms with Crippen LogP contribution in [0.5, 0.6) is 5.88 Å². The number of hydrogen-bond donors (Lipinski definition) is 4. The number of carbonyl (C=O) groups is 2. The Labute approximate surface area is 264 Å². The number of aliphatic hydroxyl groups excluding tert-OH is 1. The predicted molar refractivity (Wildman–Crippen MR) is 156 cm³/mol. The second-order valence-electron chi connectivity index (χ2n) is 10.1. The first kappa shape index (κ1) is 35.0. The highest BCUT2D eigenvalue weighted by atomic mass is 32.1. The Kier molecular flexibility index (Phi) is 10.3. The van der Waals surface area contributed by atoms with Crippen LogP contribution in [0.25, 0.3) is 43.5 Å². The zero-order chi connectivity index (χ0) is 34.7. The van der Waals surface area contributed by atoms with E-state index in [1.807, 2.05) is 29.2 Å². The molecule has 1 fully saturated rings. The first-order valence-corrected chi connectivity index (χ1v) is 14.3. The lowest BCUT2D eigenvalue weighted by molar-refractivity contribution is -0.193. The molecule has 0 amide bonds. The van der Waals surface area contributed by atoms with E-state index in [0.717, 1.165) is 63.6 Å². The molecule has 0 aliphatic heterocycles. The minimum Gasteiger partial charge on any atom is -0.481 e. The Morgan fingerprint density at radius 3 is 2.15 bits per heavy atom. The largest absolute Gasteiger partial charge is 0.490 e. The van der Waals surface area contributed by atoms with Crippen molar-refractivity contribution < 1.29 is 60.4 Å². The summed E-state index contributed by atoms with van der Waals surface area (Å²) in [7, 11) is 1.61. The molecule has 1 aliphatic rings.